The highest BCUT2D eigenvalue weighted by molar-refractivity contribution is 6.29. The maximum atomic E-state index is 13.6. The van der Waals surface area contributed by atoms with Crippen molar-refractivity contribution < 1.29 is 39.3 Å². The molecule has 3 aliphatic carbocycles. The molecule has 1 aromatic carbocycles. The first-order chi connectivity index (χ1) is 14.8. The van der Waals surface area contributed by atoms with E-state index in [9.17, 15) is 39.3 Å². The summed E-state index contributed by atoms with van der Waals surface area (Å²) in [5.74, 6) is -13.1. The number of aliphatic hydroxyl groups is 2. The fourth-order valence-electron chi connectivity index (χ4n) is 5.96. The van der Waals surface area contributed by atoms with E-state index in [-0.39, 0.29) is 11.1 Å². The maximum Gasteiger partial charge on any atom is 0.235 e. The summed E-state index contributed by atoms with van der Waals surface area (Å²) in [7, 11) is 2.99. The molecule has 1 amide bonds. The van der Waals surface area contributed by atoms with Crippen LogP contribution in [0.3, 0.4) is 0 Å². The van der Waals surface area contributed by atoms with Crippen LogP contribution in [0.4, 0.5) is 0 Å². The molecule has 0 aliphatic heterocycles. The smallest absolute Gasteiger partial charge is 0.235 e. The molecular weight excluding hydrogens is 420 g/mol. The summed E-state index contributed by atoms with van der Waals surface area (Å²) in [4.78, 5) is 66.3. The number of hydrogen-bond acceptors (Lipinski definition) is 9. The molecule has 2 unspecified atom stereocenters. The first kappa shape index (κ1) is 22.3. The van der Waals surface area contributed by atoms with Gasteiger partial charge in [-0.25, -0.2) is 0 Å². The number of fused-ring (bicyclic) bond motifs is 3. The summed E-state index contributed by atoms with van der Waals surface area (Å²) in [6.07, 6.45) is -1.62. The number of phenolic OH excluding ortho intramolecular Hbond substituents is 1. The molecule has 0 heterocycles. The molecule has 2 saturated carbocycles. The predicted molar refractivity (Wildman–Crippen MR) is 107 cm³/mol. The number of carbonyl (C=O) groups excluding carboxylic acids is 5. The van der Waals surface area contributed by atoms with Crippen molar-refractivity contribution in [3.8, 4) is 5.75 Å². The molecule has 10 heteroatoms. The standard InChI is InChI=1S/C22H24N2O8/c1-22(32)7-5-4-6-8(25)9(7)16(26)12-14(22)19(29)10-11(17(12)27)18(28)13(21(23)31)20(30)15(10)24(2)3/h4-6,10-15,19,25,29,32H,1-3H3,(H2,23,31)/t10-,11-,12?,13?,14-,15+,19-,22-/m1/s1. The van der Waals surface area contributed by atoms with Crippen LogP contribution in [0.5, 0.6) is 5.75 Å². The Bertz CT molecular complexity index is 1080. The Hall–Kier alpha value is -2.95. The number of aromatic hydroxyl groups is 1. The largest absolute Gasteiger partial charge is 0.507 e. The Balaban J connectivity index is 1.95. The molecule has 0 saturated heterocycles. The number of likely N-dealkylation sites (N-methyl/N-ethyl adjacent to an activating group) is 1. The first-order valence-electron chi connectivity index (χ1n) is 10.2. The number of nitrogens with two attached hydrogens (primary N) is 1. The van der Waals surface area contributed by atoms with Crippen molar-refractivity contribution in [3.05, 3.63) is 29.3 Å². The van der Waals surface area contributed by atoms with Crippen molar-refractivity contribution in [2.45, 2.75) is 24.7 Å². The Labute approximate surface area is 183 Å². The average Bonchev–Trinajstić information content (AvgIpc) is 2.67. The molecule has 10 nitrogen and oxygen atoms in total. The summed E-state index contributed by atoms with van der Waals surface area (Å²) in [5, 5.41) is 33.0. The van der Waals surface area contributed by atoms with Gasteiger partial charge in [0.1, 0.15) is 5.75 Å². The highest BCUT2D eigenvalue weighted by atomic mass is 16.3. The van der Waals surface area contributed by atoms with Gasteiger partial charge >= 0.3 is 0 Å². The minimum absolute atomic E-state index is 0.0407. The molecule has 2 fully saturated rings. The Morgan fingerprint density at radius 2 is 1.69 bits per heavy atom. The van der Waals surface area contributed by atoms with Gasteiger partial charge in [0.2, 0.25) is 5.91 Å². The van der Waals surface area contributed by atoms with Crippen LogP contribution >= 0.6 is 0 Å². The summed E-state index contributed by atoms with van der Waals surface area (Å²) < 4.78 is 0. The van der Waals surface area contributed by atoms with Crippen LogP contribution in [0.15, 0.2) is 18.2 Å². The molecule has 5 N–H and O–H groups in total. The van der Waals surface area contributed by atoms with Crippen molar-refractivity contribution in [2.24, 2.45) is 35.3 Å². The number of nitrogens with zero attached hydrogens (tertiary/aromatic N) is 1. The van der Waals surface area contributed by atoms with Gasteiger partial charge in [0, 0.05) is 11.8 Å². The molecule has 32 heavy (non-hydrogen) atoms. The van der Waals surface area contributed by atoms with Gasteiger partial charge in [0.25, 0.3) is 0 Å². The number of Topliss-reactive ketones (excluding diaryl/α,β-unsaturated/α-hetero) is 4. The van der Waals surface area contributed by atoms with Crippen molar-refractivity contribution in [1.29, 1.82) is 0 Å². The molecule has 4 rings (SSSR count). The van der Waals surface area contributed by atoms with Gasteiger partial charge in [0.15, 0.2) is 29.1 Å². The molecule has 0 spiro atoms. The van der Waals surface area contributed by atoms with Gasteiger partial charge in [-0.05, 0) is 32.6 Å². The second-order valence-corrected chi connectivity index (χ2v) is 9.21. The van der Waals surface area contributed by atoms with Crippen molar-refractivity contribution in [2.75, 3.05) is 14.1 Å². The van der Waals surface area contributed by atoms with E-state index in [1.807, 2.05) is 0 Å². The van der Waals surface area contributed by atoms with Crippen LogP contribution in [0.25, 0.3) is 0 Å². The van der Waals surface area contributed by atoms with E-state index >= 15 is 0 Å². The maximum absolute atomic E-state index is 13.6. The molecular formula is C22H24N2O8. The minimum Gasteiger partial charge on any atom is -0.507 e. The Morgan fingerprint density at radius 1 is 1.06 bits per heavy atom. The predicted octanol–water partition coefficient (Wildman–Crippen LogP) is -1.61. The SMILES string of the molecule is CN(C)[C@@H]1C(=O)C(C(N)=O)C(=O)[C@H]2C(=O)C3C(=O)c4c(O)cccc4[C@@](C)(O)[C@H]3[C@H](O)[C@H]21. The quantitative estimate of drug-likeness (QED) is 0.391. The fourth-order valence-corrected chi connectivity index (χ4v) is 5.96. The molecule has 1 aromatic rings. The third kappa shape index (κ3) is 2.66. The van der Waals surface area contributed by atoms with E-state index in [0.717, 1.165) is 0 Å². The van der Waals surface area contributed by atoms with Crippen LogP contribution < -0.4 is 5.73 Å². The van der Waals surface area contributed by atoms with Gasteiger partial charge in [-0.2, -0.15) is 0 Å². The number of rotatable bonds is 2. The highest BCUT2D eigenvalue weighted by Gasteiger charge is 2.68. The second-order valence-electron chi connectivity index (χ2n) is 9.21. The number of hydrogen-bond donors (Lipinski definition) is 4. The number of primary amides is 1. The molecule has 0 aromatic heterocycles. The third-order valence-corrected chi connectivity index (χ3v) is 7.26. The van der Waals surface area contributed by atoms with E-state index in [2.05, 4.69) is 0 Å². The lowest BCUT2D eigenvalue weighted by Gasteiger charge is -2.54. The monoisotopic (exact) mass is 444 g/mol. The fraction of sp³-hybridized carbons (Fsp3) is 0.500. The van der Waals surface area contributed by atoms with Crippen molar-refractivity contribution in [3.63, 3.8) is 0 Å². The van der Waals surface area contributed by atoms with Gasteiger partial charge < -0.3 is 21.1 Å². The molecule has 8 atom stereocenters. The lowest BCUT2D eigenvalue weighted by molar-refractivity contribution is -0.181. The number of aliphatic hydroxyl groups excluding tert-OH is 1. The summed E-state index contributed by atoms with van der Waals surface area (Å²) in [5.41, 5.74) is 3.13. The minimum atomic E-state index is -1.93. The first-order valence-corrected chi connectivity index (χ1v) is 10.2. The Kier molecular flexibility index (Phi) is 4.89. The van der Waals surface area contributed by atoms with E-state index in [4.69, 9.17) is 5.73 Å². The summed E-state index contributed by atoms with van der Waals surface area (Å²) in [6.45, 7) is 1.32. The summed E-state index contributed by atoms with van der Waals surface area (Å²) >= 11 is 0. The number of ketones is 4. The Morgan fingerprint density at radius 3 is 2.25 bits per heavy atom. The lowest BCUT2D eigenvalue weighted by atomic mass is 9.50. The number of amides is 1. The van der Waals surface area contributed by atoms with E-state index in [1.54, 1.807) is 0 Å². The lowest BCUT2D eigenvalue weighted by Crippen LogP contribution is -2.71. The molecule has 0 radical (unpaired) electrons. The van der Waals surface area contributed by atoms with Crippen LogP contribution in [-0.2, 0) is 24.8 Å². The van der Waals surface area contributed by atoms with Gasteiger partial charge in [-0.3, -0.25) is 28.9 Å². The molecule has 0 bridgehead atoms. The topological polar surface area (TPSA) is 175 Å². The van der Waals surface area contributed by atoms with Crippen LogP contribution in [0.2, 0.25) is 0 Å². The van der Waals surface area contributed by atoms with Crippen LogP contribution in [0.1, 0.15) is 22.8 Å². The summed E-state index contributed by atoms with van der Waals surface area (Å²) in [6, 6.07) is 2.85. The second kappa shape index (κ2) is 7.03. The average molecular weight is 444 g/mol. The van der Waals surface area contributed by atoms with Crippen LogP contribution in [0, 0.1) is 29.6 Å². The number of phenols is 1. The van der Waals surface area contributed by atoms with Gasteiger partial charge in [-0.1, -0.05) is 12.1 Å². The van der Waals surface area contributed by atoms with Gasteiger partial charge in [0.05, 0.1) is 35.1 Å². The van der Waals surface area contributed by atoms with Crippen LogP contribution in [-0.4, -0.2) is 75.5 Å². The molecule has 3 aliphatic rings. The van der Waals surface area contributed by atoms with Crippen molar-refractivity contribution in [1.82, 2.24) is 4.90 Å². The van der Waals surface area contributed by atoms with E-state index in [0.29, 0.717) is 0 Å². The zero-order chi connectivity index (χ0) is 23.9. The molecule has 170 valence electrons. The number of carbonyl (C=O) groups is 5. The normalized spacial score (nSPS) is 38.9. The number of benzene rings is 1. The highest BCUT2D eigenvalue weighted by Crippen LogP contribution is 2.54. The zero-order valence-electron chi connectivity index (χ0n) is 17.7. The zero-order valence-corrected chi connectivity index (χ0v) is 17.7. The van der Waals surface area contributed by atoms with Crippen molar-refractivity contribution >= 4 is 29.0 Å². The van der Waals surface area contributed by atoms with E-state index < -0.39 is 82.1 Å². The van der Waals surface area contributed by atoms with E-state index in [1.165, 1.54) is 44.1 Å². The third-order valence-electron chi connectivity index (χ3n) is 7.26. The van der Waals surface area contributed by atoms with Gasteiger partial charge in [-0.15, -0.1) is 0 Å².